The number of carbonyl (C=O) groups is 3. The second-order valence-corrected chi connectivity index (χ2v) is 9.93. The Morgan fingerprint density at radius 1 is 1.05 bits per heavy atom. The summed E-state index contributed by atoms with van der Waals surface area (Å²) in [6.07, 6.45) is 0.849. The topological polar surface area (TPSA) is 91.4 Å². The van der Waals surface area contributed by atoms with Crippen LogP contribution in [0, 0.1) is 6.92 Å². The van der Waals surface area contributed by atoms with Gasteiger partial charge in [0.15, 0.2) is 0 Å². The zero-order valence-electron chi connectivity index (χ0n) is 22.0. The molecule has 0 saturated carbocycles. The van der Waals surface area contributed by atoms with Gasteiger partial charge in [-0.1, -0.05) is 17.7 Å². The first kappa shape index (κ1) is 26.6. The average Bonchev–Trinajstić information content (AvgIpc) is 3.26. The fourth-order valence-electron chi connectivity index (χ4n) is 4.98. The Balaban J connectivity index is 1.53. The van der Waals surface area contributed by atoms with Crippen molar-refractivity contribution in [2.75, 3.05) is 54.0 Å². The number of aryl methyl sites for hydroxylation is 1. The molecule has 0 radical (unpaired) electrons. The van der Waals surface area contributed by atoms with Crippen molar-refractivity contribution in [3.63, 3.8) is 0 Å². The van der Waals surface area contributed by atoms with Crippen LogP contribution in [-0.4, -0.2) is 98.2 Å². The van der Waals surface area contributed by atoms with Crippen molar-refractivity contribution in [1.29, 1.82) is 0 Å². The number of likely N-dealkylation sites (N-methyl/N-ethyl adjacent to an activating group) is 1. The van der Waals surface area contributed by atoms with Gasteiger partial charge in [0.1, 0.15) is 17.5 Å². The molecule has 3 amide bonds. The molecule has 2 aliphatic heterocycles. The number of carbonyl (C=O) groups excluding carboxylic acids is 3. The molecule has 2 fully saturated rings. The number of nitrogens with zero attached hydrogens (tertiary/aromatic N) is 3. The van der Waals surface area contributed by atoms with E-state index in [0.717, 1.165) is 5.56 Å². The van der Waals surface area contributed by atoms with Gasteiger partial charge in [-0.15, -0.1) is 0 Å². The molecule has 1 atom stereocenters. The molecule has 0 aliphatic carbocycles. The molecule has 2 aromatic carbocycles. The largest absolute Gasteiger partial charge is 0.497 e. The summed E-state index contributed by atoms with van der Waals surface area (Å²) in [4.78, 5) is 45.5. The maximum absolute atomic E-state index is 13.8. The molecule has 2 aliphatic rings. The fraction of sp³-hybridized carbons (Fsp3) is 0.464. The quantitative estimate of drug-likeness (QED) is 0.617. The number of piperidine rings is 1. The molecule has 2 saturated heterocycles. The SMILES string of the molecule is COc1ccc(C(=O)N2CCC3(CC2)OC[C@H](C(=O)NCCN(C)C)N3C(=O)c2cccc(C)c2)cc1. The molecule has 1 N–H and O–H groups in total. The van der Waals surface area contributed by atoms with Crippen LogP contribution in [0.1, 0.15) is 39.1 Å². The van der Waals surface area contributed by atoms with Crippen LogP contribution in [0.3, 0.4) is 0 Å². The van der Waals surface area contributed by atoms with Crippen molar-refractivity contribution >= 4 is 17.7 Å². The molecular formula is C28H36N4O5. The Kier molecular flexibility index (Phi) is 8.14. The average molecular weight is 509 g/mol. The van der Waals surface area contributed by atoms with E-state index in [0.29, 0.717) is 55.9 Å². The Bertz CT molecular complexity index is 1130. The lowest BCUT2D eigenvalue weighted by molar-refractivity contribution is -0.128. The Morgan fingerprint density at radius 3 is 2.38 bits per heavy atom. The zero-order chi connectivity index (χ0) is 26.6. The number of rotatable bonds is 7. The molecule has 4 rings (SSSR count). The van der Waals surface area contributed by atoms with Crippen LogP contribution in [0.4, 0.5) is 0 Å². The van der Waals surface area contributed by atoms with E-state index in [9.17, 15) is 14.4 Å². The lowest BCUT2D eigenvalue weighted by atomic mass is 9.95. The summed E-state index contributed by atoms with van der Waals surface area (Å²) in [5.74, 6) is 0.152. The first-order chi connectivity index (χ1) is 17.7. The Labute approximate surface area is 218 Å². The van der Waals surface area contributed by atoms with E-state index in [1.807, 2.05) is 44.1 Å². The third-order valence-electron chi connectivity index (χ3n) is 7.07. The van der Waals surface area contributed by atoms with Gasteiger partial charge in [0.05, 0.1) is 13.7 Å². The van der Waals surface area contributed by atoms with Gasteiger partial charge in [0.25, 0.3) is 11.8 Å². The van der Waals surface area contributed by atoms with Gasteiger partial charge >= 0.3 is 0 Å². The predicted molar refractivity (Wildman–Crippen MR) is 140 cm³/mol. The Morgan fingerprint density at radius 2 is 1.76 bits per heavy atom. The van der Waals surface area contributed by atoms with E-state index in [-0.39, 0.29) is 24.3 Å². The van der Waals surface area contributed by atoms with Crippen LogP contribution in [0.2, 0.25) is 0 Å². The van der Waals surface area contributed by atoms with Gasteiger partial charge in [-0.2, -0.15) is 0 Å². The highest BCUT2D eigenvalue weighted by atomic mass is 16.5. The number of hydrogen-bond acceptors (Lipinski definition) is 6. The van der Waals surface area contributed by atoms with Gasteiger partial charge in [0, 0.05) is 50.1 Å². The van der Waals surface area contributed by atoms with E-state index in [2.05, 4.69) is 5.32 Å². The van der Waals surface area contributed by atoms with Crippen LogP contribution in [0.25, 0.3) is 0 Å². The lowest BCUT2D eigenvalue weighted by Crippen LogP contribution is -2.60. The highest BCUT2D eigenvalue weighted by molar-refractivity contribution is 5.99. The summed E-state index contributed by atoms with van der Waals surface area (Å²) in [5.41, 5.74) is 1.12. The predicted octanol–water partition coefficient (Wildman–Crippen LogP) is 2.15. The van der Waals surface area contributed by atoms with Crippen LogP contribution >= 0.6 is 0 Å². The smallest absolute Gasteiger partial charge is 0.256 e. The number of nitrogens with one attached hydrogen (secondary N) is 1. The summed E-state index contributed by atoms with van der Waals surface area (Å²) >= 11 is 0. The molecule has 9 heteroatoms. The van der Waals surface area contributed by atoms with Crippen molar-refractivity contribution in [2.45, 2.75) is 31.5 Å². The molecule has 198 valence electrons. The molecule has 2 aromatic rings. The van der Waals surface area contributed by atoms with E-state index in [4.69, 9.17) is 9.47 Å². The summed E-state index contributed by atoms with van der Waals surface area (Å²) in [5, 5.41) is 2.95. The number of ether oxygens (including phenoxy) is 2. The zero-order valence-corrected chi connectivity index (χ0v) is 22.0. The molecule has 0 aromatic heterocycles. The number of methoxy groups -OCH3 is 1. The lowest BCUT2D eigenvalue weighted by Gasteiger charge is -2.44. The summed E-state index contributed by atoms with van der Waals surface area (Å²) < 4.78 is 11.5. The van der Waals surface area contributed by atoms with E-state index >= 15 is 0 Å². The van der Waals surface area contributed by atoms with E-state index in [1.165, 1.54) is 0 Å². The van der Waals surface area contributed by atoms with Crippen molar-refractivity contribution in [1.82, 2.24) is 20.0 Å². The maximum atomic E-state index is 13.8. The molecule has 0 bridgehead atoms. The monoisotopic (exact) mass is 508 g/mol. The van der Waals surface area contributed by atoms with Crippen molar-refractivity contribution in [2.24, 2.45) is 0 Å². The van der Waals surface area contributed by atoms with E-state index < -0.39 is 11.8 Å². The van der Waals surface area contributed by atoms with Gasteiger partial charge in [-0.05, 0) is 57.4 Å². The minimum absolute atomic E-state index is 0.0787. The fourth-order valence-corrected chi connectivity index (χ4v) is 4.98. The van der Waals surface area contributed by atoms with Crippen molar-refractivity contribution < 1.29 is 23.9 Å². The van der Waals surface area contributed by atoms with E-state index in [1.54, 1.807) is 47.2 Å². The molecular weight excluding hydrogens is 472 g/mol. The molecule has 0 unspecified atom stereocenters. The van der Waals surface area contributed by atoms with Gasteiger partial charge < -0.3 is 24.6 Å². The molecule has 1 spiro atoms. The van der Waals surface area contributed by atoms with Gasteiger partial charge in [-0.25, -0.2) is 0 Å². The minimum Gasteiger partial charge on any atom is -0.497 e. The number of amides is 3. The first-order valence-corrected chi connectivity index (χ1v) is 12.6. The van der Waals surface area contributed by atoms with Crippen LogP contribution in [0.15, 0.2) is 48.5 Å². The highest BCUT2D eigenvalue weighted by Gasteiger charge is 2.54. The second kappa shape index (κ2) is 11.3. The van der Waals surface area contributed by atoms with Crippen molar-refractivity contribution in [3.8, 4) is 5.75 Å². The minimum atomic E-state index is -0.943. The molecule has 37 heavy (non-hydrogen) atoms. The summed E-state index contributed by atoms with van der Waals surface area (Å²) in [6.45, 7) is 4.05. The normalized spacial score (nSPS) is 18.8. The summed E-state index contributed by atoms with van der Waals surface area (Å²) in [6, 6.07) is 13.7. The standard InChI is InChI=1S/C28H36N4O5/c1-20-6-5-7-22(18-20)27(35)32-24(25(33)29-14-17-30(2)3)19-37-28(32)12-15-31(16-13-28)26(34)21-8-10-23(36-4)11-9-21/h5-11,18,24H,12-17,19H2,1-4H3,(H,29,33)/t24-/m1/s1. The molecule has 2 heterocycles. The maximum Gasteiger partial charge on any atom is 0.256 e. The third kappa shape index (κ3) is 5.78. The van der Waals surface area contributed by atoms with Crippen molar-refractivity contribution in [3.05, 3.63) is 65.2 Å². The number of likely N-dealkylation sites (tertiary alicyclic amines) is 1. The first-order valence-electron chi connectivity index (χ1n) is 12.6. The molecule has 9 nitrogen and oxygen atoms in total. The van der Waals surface area contributed by atoms with Gasteiger partial charge in [0.2, 0.25) is 5.91 Å². The van der Waals surface area contributed by atoms with Crippen LogP contribution in [0.5, 0.6) is 5.75 Å². The number of hydrogen-bond donors (Lipinski definition) is 1. The second-order valence-electron chi connectivity index (χ2n) is 9.93. The third-order valence-corrected chi connectivity index (χ3v) is 7.07. The van der Waals surface area contributed by atoms with Crippen LogP contribution in [-0.2, 0) is 9.53 Å². The Hall–Kier alpha value is -3.43. The van der Waals surface area contributed by atoms with Gasteiger partial charge in [-0.3, -0.25) is 19.3 Å². The van der Waals surface area contributed by atoms with Crippen LogP contribution < -0.4 is 10.1 Å². The highest BCUT2D eigenvalue weighted by Crippen LogP contribution is 2.39. The number of benzene rings is 2. The summed E-state index contributed by atoms with van der Waals surface area (Å²) in [7, 11) is 5.46.